The van der Waals surface area contributed by atoms with Crippen molar-refractivity contribution in [2.75, 3.05) is 5.32 Å². The molecule has 0 aliphatic rings. The van der Waals surface area contributed by atoms with Gasteiger partial charge in [0.05, 0.1) is 18.4 Å². The molecule has 0 aliphatic carbocycles. The van der Waals surface area contributed by atoms with Crippen LogP contribution < -0.4 is 5.32 Å². The maximum absolute atomic E-state index is 12.6. The lowest BCUT2D eigenvalue weighted by Crippen LogP contribution is -2.13. The van der Waals surface area contributed by atoms with Crippen LogP contribution in [0.4, 0.5) is 5.13 Å². The zero-order valence-electron chi connectivity index (χ0n) is 14.9. The average Bonchev–Trinajstić information content (AvgIpc) is 3.25. The van der Waals surface area contributed by atoms with Crippen molar-refractivity contribution in [3.8, 4) is 0 Å². The summed E-state index contributed by atoms with van der Waals surface area (Å²) in [4.78, 5) is 12.6. The van der Waals surface area contributed by atoms with Crippen molar-refractivity contribution in [3.05, 3.63) is 52.2 Å². The van der Waals surface area contributed by atoms with Crippen LogP contribution in [0.15, 0.2) is 28.9 Å². The van der Waals surface area contributed by atoms with Gasteiger partial charge >= 0.3 is 0 Å². The van der Waals surface area contributed by atoms with Crippen molar-refractivity contribution in [2.45, 2.75) is 40.7 Å². The second-order valence-corrected chi connectivity index (χ2v) is 7.57. The third-order valence-electron chi connectivity index (χ3n) is 3.98. The van der Waals surface area contributed by atoms with E-state index >= 15 is 0 Å². The Hall–Kier alpha value is -2.41. The summed E-state index contributed by atoms with van der Waals surface area (Å²) in [5, 5.41) is 12.5. The number of hydrogen-bond donors (Lipinski definition) is 1. The normalized spacial score (nSPS) is 11.2. The number of anilines is 1. The fourth-order valence-electron chi connectivity index (χ4n) is 2.73. The van der Waals surface area contributed by atoms with E-state index < -0.39 is 0 Å². The zero-order chi connectivity index (χ0) is 18.0. The summed E-state index contributed by atoms with van der Waals surface area (Å²) in [6.07, 6.45) is 2.52. The molecule has 0 radical (unpaired) electrons. The van der Waals surface area contributed by atoms with Gasteiger partial charge in [0.25, 0.3) is 5.91 Å². The molecule has 0 bridgehead atoms. The molecule has 7 heteroatoms. The number of rotatable bonds is 6. The summed E-state index contributed by atoms with van der Waals surface area (Å²) >= 11 is 1.43. The SMILES string of the molecule is Cc1cc(C(=O)Nc2nnc(CC(C)C)s2)c(C)n1Cc1ccco1. The van der Waals surface area contributed by atoms with Crippen LogP contribution in [-0.2, 0) is 13.0 Å². The molecule has 3 aromatic rings. The summed E-state index contributed by atoms with van der Waals surface area (Å²) < 4.78 is 7.48. The Kier molecular flexibility index (Phi) is 5.03. The van der Waals surface area contributed by atoms with Gasteiger partial charge in [-0.1, -0.05) is 25.2 Å². The number of nitrogens with zero attached hydrogens (tertiary/aromatic N) is 3. The van der Waals surface area contributed by atoms with E-state index in [1.165, 1.54) is 11.3 Å². The minimum Gasteiger partial charge on any atom is -0.467 e. The van der Waals surface area contributed by atoms with Gasteiger partial charge in [-0.3, -0.25) is 10.1 Å². The Morgan fingerprint density at radius 1 is 1.36 bits per heavy atom. The molecule has 0 spiro atoms. The molecule has 6 nitrogen and oxygen atoms in total. The van der Waals surface area contributed by atoms with Crippen LogP contribution in [0.2, 0.25) is 0 Å². The first-order valence-corrected chi connectivity index (χ1v) is 9.08. The molecule has 0 atom stereocenters. The van der Waals surface area contributed by atoms with Gasteiger partial charge in [-0.2, -0.15) is 0 Å². The number of aryl methyl sites for hydroxylation is 1. The monoisotopic (exact) mass is 358 g/mol. The van der Waals surface area contributed by atoms with Crippen LogP contribution in [0.1, 0.15) is 46.4 Å². The fraction of sp³-hybridized carbons (Fsp3) is 0.389. The molecule has 132 valence electrons. The third-order valence-corrected chi connectivity index (χ3v) is 4.84. The Labute approximate surface area is 150 Å². The van der Waals surface area contributed by atoms with Gasteiger partial charge in [0.15, 0.2) is 0 Å². The maximum atomic E-state index is 12.6. The number of nitrogens with one attached hydrogen (secondary N) is 1. The topological polar surface area (TPSA) is 73.0 Å². The van der Waals surface area contributed by atoms with E-state index in [0.29, 0.717) is 23.2 Å². The minimum atomic E-state index is -0.161. The number of amides is 1. The van der Waals surface area contributed by atoms with Crippen molar-refractivity contribution < 1.29 is 9.21 Å². The Morgan fingerprint density at radius 3 is 2.84 bits per heavy atom. The first-order chi connectivity index (χ1) is 11.9. The van der Waals surface area contributed by atoms with Crippen LogP contribution >= 0.6 is 11.3 Å². The van der Waals surface area contributed by atoms with Gasteiger partial charge in [0.1, 0.15) is 10.8 Å². The van der Waals surface area contributed by atoms with Crippen LogP contribution in [0.25, 0.3) is 0 Å². The molecule has 0 saturated carbocycles. The van der Waals surface area contributed by atoms with Gasteiger partial charge in [-0.25, -0.2) is 0 Å². The highest BCUT2D eigenvalue weighted by Gasteiger charge is 2.18. The first kappa shape index (κ1) is 17.4. The first-order valence-electron chi connectivity index (χ1n) is 8.27. The fourth-order valence-corrected chi connectivity index (χ4v) is 3.68. The van der Waals surface area contributed by atoms with E-state index in [0.717, 1.165) is 28.6 Å². The lowest BCUT2D eigenvalue weighted by Gasteiger charge is -2.07. The average molecular weight is 358 g/mol. The molecular formula is C18H22N4O2S. The van der Waals surface area contributed by atoms with Crippen molar-refractivity contribution in [2.24, 2.45) is 5.92 Å². The van der Waals surface area contributed by atoms with Crippen LogP contribution in [0.5, 0.6) is 0 Å². The number of carbonyl (C=O) groups is 1. The van der Waals surface area contributed by atoms with Crippen LogP contribution in [-0.4, -0.2) is 20.7 Å². The molecule has 3 aromatic heterocycles. The number of furan rings is 1. The van der Waals surface area contributed by atoms with E-state index in [-0.39, 0.29) is 5.91 Å². The van der Waals surface area contributed by atoms with Crippen LogP contribution in [0, 0.1) is 19.8 Å². The highest BCUT2D eigenvalue weighted by atomic mass is 32.1. The van der Waals surface area contributed by atoms with Crippen molar-refractivity contribution in [3.63, 3.8) is 0 Å². The third kappa shape index (κ3) is 3.99. The summed E-state index contributed by atoms with van der Waals surface area (Å²) in [5.74, 6) is 1.21. The van der Waals surface area contributed by atoms with E-state index in [4.69, 9.17) is 4.42 Å². The van der Waals surface area contributed by atoms with E-state index in [1.807, 2.05) is 32.0 Å². The predicted molar refractivity (Wildman–Crippen MR) is 98.1 cm³/mol. The van der Waals surface area contributed by atoms with Gasteiger partial charge in [0.2, 0.25) is 5.13 Å². The molecule has 0 saturated heterocycles. The Bertz CT molecular complexity index is 862. The highest BCUT2D eigenvalue weighted by Crippen LogP contribution is 2.22. The van der Waals surface area contributed by atoms with Crippen molar-refractivity contribution >= 4 is 22.4 Å². The van der Waals surface area contributed by atoms with Gasteiger partial charge in [-0.05, 0) is 38.0 Å². The molecule has 3 heterocycles. The van der Waals surface area contributed by atoms with Gasteiger partial charge < -0.3 is 8.98 Å². The quantitative estimate of drug-likeness (QED) is 0.721. The molecule has 0 unspecified atom stereocenters. The summed E-state index contributed by atoms with van der Waals surface area (Å²) in [7, 11) is 0. The molecule has 0 fully saturated rings. The lowest BCUT2D eigenvalue weighted by molar-refractivity contribution is 0.102. The molecule has 1 amide bonds. The Balaban J connectivity index is 1.75. The molecule has 25 heavy (non-hydrogen) atoms. The minimum absolute atomic E-state index is 0.161. The predicted octanol–water partition coefficient (Wildman–Crippen LogP) is 4.05. The second-order valence-electron chi connectivity index (χ2n) is 6.50. The second kappa shape index (κ2) is 7.23. The summed E-state index contributed by atoms with van der Waals surface area (Å²) in [6.45, 7) is 8.80. The summed E-state index contributed by atoms with van der Waals surface area (Å²) in [5.41, 5.74) is 2.56. The van der Waals surface area contributed by atoms with E-state index in [1.54, 1.807) is 6.26 Å². The molecular weight excluding hydrogens is 336 g/mol. The zero-order valence-corrected chi connectivity index (χ0v) is 15.7. The molecule has 0 aliphatic heterocycles. The van der Waals surface area contributed by atoms with Gasteiger partial charge in [0, 0.05) is 17.8 Å². The smallest absolute Gasteiger partial charge is 0.259 e. The summed E-state index contributed by atoms with van der Waals surface area (Å²) in [6, 6.07) is 5.68. The van der Waals surface area contributed by atoms with Gasteiger partial charge in [-0.15, -0.1) is 10.2 Å². The van der Waals surface area contributed by atoms with Crippen LogP contribution in [0.3, 0.4) is 0 Å². The molecule has 1 N–H and O–H groups in total. The Morgan fingerprint density at radius 2 is 2.16 bits per heavy atom. The van der Waals surface area contributed by atoms with E-state index in [2.05, 4.69) is 33.9 Å². The number of carbonyl (C=O) groups excluding carboxylic acids is 1. The standard InChI is InChI=1S/C18H22N4O2S/c1-11(2)8-16-20-21-18(25-16)19-17(23)15-9-12(3)22(13(15)4)10-14-6-5-7-24-14/h5-7,9,11H,8,10H2,1-4H3,(H,19,21,23). The number of hydrogen-bond acceptors (Lipinski definition) is 5. The largest absolute Gasteiger partial charge is 0.467 e. The lowest BCUT2D eigenvalue weighted by atomic mass is 10.1. The van der Waals surface area contributed by atoms with Crippen molar-refractivity contribution in [1.29, 1.82) is 0 Å². The van der Waals surface area contributed by atoms with E-state index in [9.17, 15) is 4.79 Å². The molecule has 0 aromatic carbocycles. The highest BCUT2D eigenvalue weighted by molar-refractivity contribution is 7.15. The molecule has 3 rings (SSSR count). The number of aromatic nitrogens is 3. The van der Waals surface area contributed by atoms with Crippen molar-refractivity contribution in [1.82, 2.24) is 14.8 Å². The maximum Gasteiger partial charge on any atom is 0.259 e.